The molecule has 0 bridgehead atoms. The van der Waals surface area contributed by atoms with Gasteiger partial charge < -0.3 is 19.5 Å². The Kier molecular flexibility index (Phi) is 9.07. The van der Waals surface area contributed by atoms with Crippen LogP contribution >= 0.6 is 0 Å². The third-order valence-corrected chi connectivity index (χ3v) is 3.01. The van der Waals surface area contributed by atoms with Crippen molar-refractivity contribution in [1.29, 1.82) is 0 Å². The lowest BCUT2D eigenvalue weighted by molar-refractivity contribution is -0.142. The van der Waals surface area contributed by atoms with Crippen LogP contribution in [0.2, 0.25) is 0 Å². The van der Waals surface area contributed by atoms with Crippen molar-refractivity contribution in [2.45, 2.75) is 33.6 Å². The largest absolute Gasteiger partial charge is 0.490 e. The minimum Gasteiger partial charge on any atom is -0.490 e. The second-order valence-electron chi connectivity index (χ2n) is 4.70. The molecule has 124 valence electrons. The molecule has 0 spiro atoms. The number of rotatable bonds is 11. The molecular formula is C17H27NO4. The number of carbonyl (C=O) groups is 1. The van der Waals surface area contributed by atoms with Gasteiger partial charge in [-0.3, -0.25) is 4.79 Å². The van der Waals surface area contributed by atoms with Gasteiger partial charge in [-0.15, -0.1) is 0 Å². The minimum atomic E-state index is -0.158. The van der Waals surface area contributed by atoms with E-state index in [1.165, 1.54) is 5.56 Å². The highest BCUT2D eigenvalue weighted by molar-refractivity contribution is 5.69. The third-order valence-electron chi connectivity index (χ3n) is 3.01. The fraction of sp³-hybridized carbons (Fsp3) is 0.588. The lowest BCUT2D eigenvalue weighted by atomic mass is 10.1. The maximum atomic E-state index is 11.2. The number of carbonyl (C=O) groups excluding carboxylic acids is 1. The van der Waals surface area contributed by atoms with Gasteiger partial charge in [0.25, 0.3) is 0 Å². The average molecular weight is 309 g/mol. The molecule has 0 aliphatic rings. The number of esters is 1. The van der Waals surface area contributed by atoms with E-state index in [0.29, 0.717) is 32.8 Å². The molecule has 0 saturated carbocycles. The van der Waals surface area contributed by atoms with E-state index in [1.54, 1.807) is 0 Å². The van der Waals surface area contributed by atoms with Crippen molar-refractivity contribution in [2.75, 3.05) is 32.9 Å². The molecule has 0 radical (unpaired) electrons. The van der Waals surface area contributed by atoms with E-state index in [1.807, 2.05) is 39.0 Å². The third kappa shape index (κ3) is 6.80. The maximum Gasteiger partial charge on any atom is 0.307 e. The fourth-order valence-corrected chi connectivity index (χ4v) is 2.03. The monoisotopic (exact) mass is 309 g/mol. The SMILES string of the molecule is CCOC(=O)CCNCCc1ccc(OCC)c(OCC)c1. The molecule has 22 heavy (non-hydrogen) atoms. The van der Waals surface area contributed by atoms with Crippen LogP contribution < -0.4 is 14.8 Å². The van der Waals surface area contributed by atoms with E-state index in [0.717, 1.165) is 24.5 Å². The summed E-state index contributed by atoms with van der Waals surface area (Å²) in [6.45, 7) is 8.83. The summed E-state index contributed by atoms with van der Waals surface area (Å²) in [7, 11) is 0. The first-order valence-corrected chi connectivity index (χ1v) is 7.96. The van der Waals surface area contributed by atoms with Crippen LogP contribution in [0.1, 0.15) is 32.8 Å². The predicted octanol–water partition coefficient (Wildman–Crippen LogP) is 2.57. The Bertz CT molecular complexity index is 448. The van der Waals surface area contributed by atoms with Crippen LogP contribution in [0.4, 0.5) is 0 Å². The van der Waals surface area contributed by atoms with Gasteiger partial charge >= 0.3 is 5.97 Å². The van der Waals surface area contributed by atoms with E-state index < -0.39 is 0 Å². The van der Waals surface area contributed by atoms with E-state index in [9.17, 15) is 4.79 Å². The Balaban J connectivity index is 2.39. The highest BCUT2D eigenvalue weighted by atomic mass is 16.5. The van der Waals surface area contributed by atoms with Crippen LogP contribution in [0, 0.1) is 0 Å². The average Bonchev–Trinajstić information content (AvgIpc) is 2.50. The first-order valence-electron chi connectivity index (χ1n) is 7.96. The smallest absolute Gasteiger partial charge is 0.307 e. The molecule has 0 fully saturated rings. The number of nitrogens with one attached hydrogen (secondary N) is 1. The van der Waals surface area contributed by atoms with Gasteiger partial charge in [-0.25, -0.2) is 0 Å². The lowest BCUT2D eigenvalue weighted by Crippen LogP contribution is -2.21. The molecule has 5 heteroatoms. The zero-order valence-corrected chi connectivity index (χ0v) is 13.8. The molecular weight excluding hydrogens is 282 g/mol. The molecule has 1 N–H and O–H groups in total. The van der Waals surface area contributed by atoms with Crippen LogP contribution in [0.3, 0.4) is 0 Å². The molecule has 0 amide bonds. The second-order valence-corrected chi connectivity index (χ2v) is 4.70. The van der Waals surface area contributed by atoms with Crippen LogP contribution in [-0.2, 0) is 16.0 Å². The maximum absolute atomic E-state index is 11.2. The number of ether oxygens (including phenoxy) is 3. The fourth-order valence-electron chi connectivity index (χ4n) is 2.03. The molecule has 0 unspecified atom stereocenters. The van der Waals surface area contributed by atoms with Crippen molar-refractivity contribution in [3.05, 3.63) is 23.8 Å². The Hall–Kier alpha value is -1.75. The molecule has 0 aliphatic heterocycles. The van der Waals surface area contributed by atoms with Gasteiger partial charge in [0.1, 0.15) is 0 Å². The molecule has 1 rings (SSSR count). The van der Waals surface area contributed by atoms with Crippen LogP contribution in [0.25, 0.3) is 0 Å². The predicted molar refractivity (Wildman–Crippen MR) is 86.6 cm³/mol. The van der Waals surface area contributed by atoms with E-state index in [2.05, 4.69) is 5.32 Å². The van der Waals surface area contributed by atoms with Gasteiger partial charge in [0.05, 0.1) is 26.2 Å². The van der Waals surface area contributed by atoms with Gasteiger partial charge in [0, 0.05) is 6.54 Å². The normalized spacial score (nSPS) is 10.3. The summed E-state index contributed by atoms with van der Waals surface area (Å²) < 4.78 is 16.0. The highest BCUT2D eigenvalue weighted by Gasteiger charge is 2.06. The Morgan fingerprint density at radius 2 is 1.73 bits per heavy atom. The molecule has 0 aromatic heterocycles. The van der Waals surface area contributed by atoms with Crippen LogP contribution in [0.5, 0.6) is 11.5 Å². The van der Waals surface area contributed by atoms with Gasteiger partial charge in [-0.2, -0.15) is 0 Å². The van der Waals surface area contributed by atoms with Gasteiger partial charge in [0.15, 0.2) is 11.5 Å². The number of benzene rings is 1. The van der Waals surface area contributed by atoms with Crippen molar-refractivity contribution in [1.82, 2.24) is 5.32 Å². The van der Waals surface area contributed by atoms with Crippen LogP contribution in [0.15, 0.2) is 18.2 Å². The topological polar surface area (TPSA) is 56.8 Å². The summed E-state index contributed by atoms with van der Waals surface area (Å²) in [5.74, 6) is 1.41. The number of hydrogen-bond donors (Lipinski definition) is 1. The molecule has 0 aliphatic carbocycles. The first kappa shape index (κ1) is 18.3. The zero-order valence-electron chi connectivity index (χ0n) is 13.8. The summed E-state index contributed by atoms with van der Waals surface area (Å²) in [4.78, 5) is 11.2. The highest BCUT2D eigenvalue weighted by Crippen LogP contribution is 2.28. The molecule has 1 aromatic rings. The summed E-state index contributed by atoms with van der Waals surface area (Å²) in [5.41, 5.74) is 1.18. The van der Waals surface area contributed by atoms with Crippen LogP contribution in [-0.4, -0.2) is 38.9 Å². The number of hydrogen-bond acceptors (Lipinski definition) is 5. The van der Waals surface area contributed by atoms with E-state index in [-0.39, 0.29) is 5.97 Å². The Labute approximate surface area is 132 Å². The molecule has 0 saturated heterocycles. The van der Waals surface area contributed by atoms with Gasteiger partial charge in [0.2, 0.25) is 0 Å². The van der Waals surface area contributed by atoms with E-state index >= 15 is 0 Å². The lowest BCUT2D eigenvalue weighted by Gasteiger charge is -2.12. The Morgan fingerprint density at radius 1 is 1.00 bits per heavy atom. The Morgan fingerprint density at radius 3 is 2.41 bits per heavy atom. The van der Waals surface area contributed by atoms with Gasteiger partial charge in [-0.05, 0) is 51.4 Å². The van der Waals surface area contributed by atoms with Crippen molar-refractivity contribution in [3.63, 3.8) is 0 Å². The van der Waals surface area contributed by atoms with E-state index in [4.69, 9.17) is 14.2 Å². The summed E-state index contributed by atoms with van der Waals surface area (Å²) in [6, 6.07) is 6.00. The molecule has 0 atom stereocenters. The summed E-state index contributed by atoms with van der Waals surface area (Å²) >= 11 is 0. The van der Waals surface area contributed by atoms with Crippen molar-refractivity contribution < 1.29 is 19.0 Å². The standard InChI is InChI=1S/C17H27NO4/c1-4-20-15-8-7-14(13-16(15)21-5-2)9-11-18-12-10-17(19)22-6-3/h7-8,13,18H,4-6,9-12H2,1-3H3. The second kappa shape index (κ2) is 10.9. The minimum absolute atomic E-state index is 0.158. The first-order chi connectivity index (χ1) is 10.7. The van der Waals surface area contributed by atoms with Crippen molar-refractivity contribution in [3.8, 4) is 11.5 Å². The van der Waals surface area contributed by atoms with Gasteiger partial charge in [-0.1, -0.05) is 6.07 Å². The summed E-state index contributed by atoms with van der Waals surface area (Å²) in [5, 5.41) is 3.24. The van der Waals surface area contributed by atoms with Crippen molar-refractivity contribution in [2.24, 2.45) is 0 Å². The molecule has 5 nitrogen and oxygen atoms in total. The zero-order chi connectivity index (χ0) is 16.2. The summed E-state index contributed by atoms with van der Waals surface area (Å²) in [6.07, 6.45) is 1.27. The molecule has 1 aromatic carbocycles. The quantitative estimate of drug-likeness (QED) is 0.503. The van der Waals surface area contributed by atoms with Crippen molar-refractivity contribution >= 4 is 5.97 Å². The molecule has 0 heterocycles.